The van der Waals surface area contributed by atoms with Crippen LogP contribution in [0.2, 0.25) is 0 Å². The van der Waals surface area contributed by atoms with Gasteiger partial charge in [-0.15, -0.1) is 0 Å². The molecule has 1 saturated heterocycles. The summed E-state index contributed by atoms with van der Waals surface area (Å²) in [6.07, 6.45) is 2.49. The van der Waals surface area contributed by atoms with Crippen LogP contribution in [0, 0.1) is 0 Å². The Morgan fingerprint density at radius 2 is 1.31 bits per heavy atom. The van der Waals surface area contributed by atoms with Crippen molar-refractivity contribution in [2.24, 2.45) is 0 Å². The van der Waals surface area contributed by atoms with E-state index in [0.29, 0.717) is 6.54 Å². The van der Waals surface area contributed by atoms with Gasteiger partial charge in [0.15, 0.2) is 26.6 Å². The van der Waals surface area contributed by atoms with Crippen LogP contribution in [0.15, 0.2) is 0 Å². The lowest BCUT2D eigenvalue weighted by Crippen LogP contribution is -2.45. The summed E-state index contributed by atoms with van der Waals surface area (Å²) in [4.78, 5) is 10.9. The van der Waals surface area contributed by atoms with Crippen LogP contribution in [0.4, 0.5) is 26.3 Å². The highest BCUT2D eigenvalue weighted by Crippen LogP contribution is 2.36. The third-order valence-electron chi connectivity index (χ3n) is 3.17. The number of nitrogens with zero attached hydrogens (tertiary/aromatic N) is 2. The number of likely N-dealkylation sites (tertiary alicyclic amines) is 1. The van der Waals surface area contributed by atoms with Crippen molar-refractivity contribution in [3.05, 3.63) is 4.13 Å². The molecular weight excluding hydrogens is 422 g/mol. The number of methoxy groups -OCH3 is 1. The molecule has 1 aliphatic heterocycles. The first-order valence-corrected chi connectivity index (χ1v) is 9.52. The SMILES string of the molecule is COC(=O)C[N+]1(C)CCCC1.O=S(=O)([N-]S(=O)(=O)C(F)(F)F)C(F)(F)F. The maximum atomic E-state index is 11.4. The Hall–Kier alpha value is -1.13. The highest BCUT2D eigenvalue weighted by atomic mass is 32.3. The summed E-state index contributed by atoms with van der Waals surface area (Å²) in [5, 5.41) is 0. The van der Waals surface area contributed by atoms with E-state index in [4.69, 9.17) is 0 Å². The number of rotatable bonds is 4. The van der Waals surface area contributed by atoms with E-state index in [0.717, 1.165) is 21.7 Å². The average Bonchev–Trinajstić information content (AvgIpc) is 2.82. The maximum Gasteiger partial charge on any atom is 0.480 e. The minimum Gasteiger partial charge on any atom is -0.465 e. The van der Waals surface area contributed by atoms with E-state index >= 15 is 0 Å². The predicted octanol–water partition coefficient (Wildman–Crippen LogP) is 1.46. The van der Waals surface area contributed by atoms with E-state index in [9.17, 15) is 48.0 Å². The number of halogens is 6. The predicted molar refractivity (Wildman–Crippen MR) is 75.3 cm³/mol. The van der Waals surface area contributed by atoms with Crippen molar-refractivity contribution >= 4 is 26.0 Å². The normalized spacial score (nSPS) is 18.0. The van der Waals surface area contributed by atoms with Gasteiger partial charge in [0.2, 0.25) is 0 Å². The highest BCUT2D eigenvalue weighted by molar-refractivity contribution is 8.13. The summed E-state index contributed by atoms with van der Waals surface area (Å²) >= 11 is 0. The number of quaternary nitrogens is 1. The summed E-state index contributed by atoms with van der Waals surface area (Å²) in [6.45, 7) is 2.78. The van der Waals surface area contributed by atoms with Crippen molar-refractivity contribution in [1.82, 2.24) is 0 Å². The molecule has 0 aromatic rings. The van der Waals surface area contributed by atoms with E-state index in [1.54, 1.807) is 0 Å². The number of carbonyl (C=O) groups is 1. The van der Waals surface area contributed by atoms with Crippen LogP contribution < -0.4 is 0 Å². The minimum absolute atomic E-state index is 0.0885. The van der Waals surface area contributed by atoms with Crippen LogP contribution in [-0.2, 0) is 29.6 Å². The molecule has 0 saturated carbocycles. The van der Waals surface area contributed by atoms with Gasteiger partial charge in [-0.3, -0.25) is 0 Å². The lowest BCUT2D eigenvalue weighted by molar-refractivity contribution is -0.890. The molecule has 0 spiro atoms. The molecule has 1 aliphatic rings. The number of likely N-dealkylation sites (N-methyl/N-ethyl adjacent to an activating group) is 1. The van der Waals surface area contributed by atoms with E-state index < -0.39 is 31.1 Å². The molecule has 1 fully saturated rings. The van der Waals surface area contributed by atoms with E-state index in [2.05, 4.69) is 11.8 Å². The molecule has 0 N–H and O–H groups in total. The lowest BCUT2D eigenvalue weighted by Gasteiger charge is -2.27. The molecule has 0 aromatic heterocycles. The largest absolute Gasteiger partial charge is 0.480 e. The molecule has 1 rings (SSSR count). The fourth-order valence-electron chi connectivity index (χ4n) is 1.85. The van der Waals surface area contributed by atoms with Gasteiger partial charge >= 0.3 is 17.0 Å². The zero-order valence-corrected chi connectivity index (χ0v) is 15.1. The molecular formula is C10H16F6N2O6S2. The number of carbonyl (C=O) groups excluding carboxylic acids is 1. The van der Waals surface area contributed by atoms with E-state index in [-0.39, 0.29) is 5.97 Å². The quantitative estimate of drug-likeness (QED) is 0.374. The van der Waals surface area contributed by atoms with Crippen molar-refractivity contribution in [2.75, 3.05) is 33.8 Å². The zero-order chi connectivity index (χ0) is 21.0. The van der Waals surface area contributed by atoms with Gasteiger partial charge in [0.25, 0.3) is 0 Å². The maximum absolute atomic E-state index is 11.4. The number of ether oxygens (including phenoxy) is 1. The van der Waals surface area contributed by atoms with E-state index in [1.807, 2.05) is 0 Å². The molecule has 0 aromatic carbocycles. The van der Waals surface area contributed by atoms with Gasteiger partial charge in [0.1, 0.15) is 0 Å². The summed E-state index contributed by atoms with van der Waals surface area (Å²) in [5.74, 6) is -0.0885. The first kappa shape index (κ1) is 24.9. The van der Waals surface area contributed by atoms with Crippen LogP contribution in [0.5, 0.6) is 0 Å². The molecule has 156 valence electrons. The van der Waals surface area contributed by atoms with E-state index in [1.165, 1.54) is 20.0 Å². The molecule has 0 amide bonds. The van der Waals surface area contributed by atoms with Crippen LogP contribution in [0.1, 0.15) is 12.8 Å². The number of hydrogen-bond acceptors (Lipinski definition) is 6. The van der Waals surface area contributed by atoms with Crippen molar-refractivity contribution in [1.29, 1.82) is 0 Å². The summed E-state index contributed by atoms with van der Waals surface area (Å²) < 4.78 is 115. The van der Waals surface area contributed by atoms with Gasteiger partial charge in [-0.05, 0) is 0 Å². The fraction of sp³-hybridized carbons (Fsp3) is 0.900. The Bertz CT molecular complexity index is 653. The van der Waals surface area contributed by atoms with Crippen molar-refractivity contribution < 1.29 is 57.2 Å². The summed E-state index contributed by atoms with van der Waals surface area (Å²) in [5.41, 5.74) is -12.4. The van der Waals surface area contributed by atoms with Gasteiger partial charge in [-0.1, -0.05) is 0 Å². The molecule has 1 heterocycles. The third-order valence-corrected chi connectivity index (χ3v) is 5.91. The molecule has 8 nitrogen and oxygen atoms in total. The Morgan fingerprint density at radius 1 is 0.962 bits per heavy atom. The molecule has 0 atom stereocenters. The average molecular weight is 438 g/mol. The second-order valence-electron chi connectivity index (χ2n) is 5.42. The summed E-state index contributed by atoms with van der Waals surface area (Å²) in [7, 11) is -9.88. The Morgan fingerprint density at radius 3 is 1.58 bits per heavy atom. The molecule has 16 heteroatoms. The lowest BCUT2D eigenvalue weighted by atomic mass is 10.4. The molecule has 0 aliphatic carbocycles. The highest BCUT2D eigenvalue weighted by Gasteiger charge is 2.46. The van der Waals surface area contributed by atoms with Gasteiger partial charge in [0, 0.05) is 12.8 Å². The van der Waals surface area contributed by atoms with Crippen molar-refractivity contribution in [3.8, 4) is 0 Å². The Balaban J connectivity index is 0.000000502. The number of sulfonamides is 2. The number of hydrogen-bond donors (Lipinski definition) is 0. The number of esters is 1. The third kappa shape index (κ3) is 7.24. The summed E-state index contributed by atoms with van der Waals surface area (Å²) in [6, 6.07) is 0. The fourth-order valence-corrected chi connectivity index (χ4v) is 3.56. The Kier molecular flexibility index (Phi) is 7.90. The van der Waals surface area contributed by atoms with Crippen LogP contribution >= 0.6 is 0 Å². The van der Waals surface area contributed by atoms with Crippen LogP contribution in [0.25, 0.3) is 4.13 Å². The first-order chi connectivity index (χ1) is 11.4. The van der Waals surface area contributed by atoms with Gasteiger partial charge in [0.05, 0.1) is 27.2 Å². The van der Waals surface area contributed by atoms with Crippen molar-refractivity contribution in [3.63, 3.8) is 0 Å². The van der Waals surface area contributed by atoms with Crippen LogP contribution in [-0.4, -0.2) is 72.1 Å². The Labute approximate surface area is 145 Å². The molecule has 26 heavy (non-hydrogen) atoms. The van der Waals surface area contributed by atoms with Crippen molar-refractivity contribution in [2.45, 2.75) is 23.9 Å². The molecule has 0 unspecified atom stereocenters. The molecule has 0 radical (unpaired) electrons. The second-order valence-corrected chi connectivity index (χ2v) is 8.85. The minimum atomic E-state index is -6.72. The van der Waals surface area contributed by atoms with Gasteiger partial charge < -0.3 is 13.3 Å². The molecule has 0 bridgehead atoms. The topological polar surface area (TPSA) is 109 Å². The van der Waals surface area contributed by atoms with Crippen LogP contribution in [0.3, 0.4) is 0 Å². The number of alkyl halides is 6. The smallest absolute Gasteiger partial charge is 0.465 e. The first-order valence-electron chi connectivity index (χ1n) is 6.64. The second kappa shape index (κ2) is 8.26. The van der Waals surface area contributed by atoms with Gasteiger partial charge in [-0.2, -0.15) is 26.3 Å². The van der Waals surface area contributed by atoms with Gasteiger partial charge in [-0.25, -0.2) is 21.6 Å². The zero-order valence-electron chi connectivity index (χ0n) is 13.5. The monoisotopic (exact) mass is 438 g/mol. The standard InChI is InChI=1S/C8H16NO2.C2F6NO4S2/c1-9(5-3-4-6-9)7-8(10)11-2;3-1(4,5)14(10,11)9-15(12,13)2(6,7)8/h3-7H2,1-2H3;/q+1;-1.